The summed E-state index contributed by atoms with van der Waals surface area (Å²) in [5.41, 5.74) is 1.42. The summed E-state index contributed by atoms with van der Waals surface area (Å²) in [6, 6.07) is 7.77. The fraction of sp³-hybridized carbons (Fsp3) is 0.444. The molecule has 2 N–H and O–H groups in total. The van der Waals surface area contributed by atoms with Crippen LogP contribution >= 0.6 is 11.8 Å². The smallest absolute Gasteiger partial charge is 0.270 e. The summed E-state index contributed by atoms with van der Waals surface area (Å²) >= 11 is 1.46. The van der Waals surface area contributed by atoms with Gasteiger partial charge in [0, 0.05) is 6.04 Å². The molecule has 1 aliphatic heterocycles. The van der Waals surface area contributed by atoms with Crippen LogP contribution in [-0.4, -0.2) is 27.5 Å². The van der Waals surface area contributed by atoms with Gasteiger partial charge in [-0.15, -0.1) is 11.8 Å². The second kappa shape index (κ2) is 7.00. The van der Waals surface area contributed by atoms with Gasteiger partial charge in [-0.1, -0.05) is 12.1 Å². The van der Waals surface area contributed by atoms with Crippen molar-refractivity contribution in [1.82, 2.24) is 9.78 Å². The topological polar surface area (TPSA) is 76.1 Å². The SMILES string of the molecule is CC(C)Oc1ccc([C@@H]2SCC(=O)Nc3c2c(=O)[nH]n3C(C)C)cc1. The van der Waals surface area contributed by atoms with Gasteiger partial charge in [-0.3, -0.25) is 19.4 Å². The van der Waals surface area contributed by atoms with Crippen molar-refractivity contribution in [2.45, 2.75) is 45.1 Å². The molecule has 1 aromatic heterocycles. The van der Waals surface area contributed by atoms with E-state index in [4.69, 9.17) is 4.74 Å². The largest absolute Gasteiger partial charge is 0.491 e. The van der Waals surface area contributed by atoms with Gasteiger partial charge >= 0.3 is 0 Å². The molecule has 0 saturated heterocycles. The van der Waals surface area contributed by atoms with Crippen molar-refractivity contribution < 1.29 is 9.53 Å². The molecule has 0 bridgehead atoms. The number of aromatic nitrogens is 2. The van der Waals surface area contributed by atoms with Crippen molar-refractivity contribution in [3.05, 3.63) is 45.7 Å². The van der Waals surface area contributed by atoms with Crippen LogP contribution in [0.15, 0.2) is 29.1 Å². The first kappa shape index (κ1) is 17.7. The third-order valence-electron chi connectivity index (χ3n) is 3.93. The Bertz CT molecular complexity index is 821. The minimum Gasteiger partial charge on any atom is -0.491 e. The lowest BCUT2D eigenvalue weighted by molar-refractivity contribution is -0.113. The maximum absolute atomic E-state index is 12.6. The zero-order valence-corrected chi connectivity index (χ0v) is 15.6. The van der Waals surface area contributed by atoms with Crippen molar-refractivity contribution in [2.24, 2.45) is 0 Å². The van der Waals surface area contributed by atoms with Crippen LogP contribution in [0.3, 0.4) is 0 Å². The summed E-state index contributed by atoms with van der Waals surface area (Å²) in [5.74, 6) is 1.58. The molecule has 6 nitrogen and oxygen atoms in total. The number of thioether (sulfide) groups is 1. The van der Waals surface area contributed by atoms with Gasteiger partial charge in [0.25, 0.3) is 5.56 Å². The predicted octanol–water partition coefficient (Wildman–Crippen LogP) is 3.32. The Morgan fingerprint density at radius 1 is 1.16 bits per heavy atom. The van der Waals surface area contributed by atoms with Crippen LogP contribution in [0.2, 0.25) is 0 Å². The lowest BCUT2D eigenvalue weighted by Crippen LogP contribution is -2.17. The number of rotatable bonds is 4. The number of hydrogen-bond donors (Lipinski definition) is 2. The molecule has 0 spiro atoms. The molecule has 7 heteroatoms. The van der Waals surface area contributed by atoms with Crippen molar-refractivity contribution in [3.8, 4) is 5.75 Å². The standard InChI is InChI=1S/C18H23N3O3S/c1-10(2)21-17-15(18(23)20-21)16(25-9-14(22)19-17)12-5-7-13(8-6-12)24-11(3)4/h5-8,10-11,16H,9H2,1-4H3,(H,19,22)(H,20,23)/t16-/m0/s1. The molecular formula is C18H23N3O3S. The van der Waals surface area contributed by atoms with Gasteiger partial charge in [0.15, 0.2) is 0 Å². The van der Waals surface area contributed by atoms with Crippen LogP contribution in [0.25, 0.3) is 0 Å². The van der Waals surface area contributed by atoms with Gasteiger partial charge in [-0.25, -0.2) is 0 Å². The van der Waals surface area contributed by atoms with Gasteiger partial charge < -0.3 is 10.1 Å². The number of nitrogens with zero attached hydrogens (tertiary/aromatic N) is 1. The van der Waals surface area contributed by atoms with Crippen LogP contribution in [0.4, 0.5) is 5.82 Å². The van der Waals surface area contributed by atoms with Crippen LogP contribution < -0.4 is 15.6 Å². The van der Waals surface area contributed by atoms with E-state index in [0.717, 1.165) is 11.3 Å². The monoisotopic (exact) mass is 361 g/mol. The maximum Gasteiger partial charge on any atom is 0.270 e. The van der Waals surface area contributed by atoms with Crippen molar-refractivity contribution in [1.29, 1.82) is 0 Å². The van der Waals surface area contributed by atoms with E-state index in [1.165, 1.54) is 11.8 Å². The highest BCUT2D eigenvalue weighted by Gasteiger charge is 2.30. The molecule has 134 valence electrons. The number of benzene rings is 1. The van der Waals surface area contributed by atoms with Gasteiger partial charge in [0.2, 0.25) is 5.91 Å². The van der Waals surface area contributed by atoms with Gasteiger partial charge in [-0.05, 0) is 45.4 Å². The summed E-state index contributed by atoms with van der Waals surface area (Å²) in [7, 11) is 0. The normalized spacial score (nSPS) is 17.4. The highest BCUT2D eigenvalue weighted by molar-refractivity contribution is 8.00. The summed E-state index contributed by atoms with van der Waals surface area (Å²) in [6.45, 7) is 7.89. The first-order valence-corrected chi connectivity index (χ1v) is 9.44. The Morgan fingerprint density at radius 3 is 2.44 bits per heavy atom. The average molecular weight is 361 g/mol. The number of fused-ring (bicyclic) bond motifs is 1. The third kappa shape index (κ3) is 3.61. The molecule has 2 aromatic rings. The Morgan fingerprint density at radius 2 is 1.84 bits per heavy atom. The molecule has 1 atom stereocenters. The Kier molecular flexibility index (Phi) is 4.94. The number of carbonyl (C=O) groups is 1. The highest BCUT2D eigenvalue weighted by atomic mass is 32.2. The molecule has 1 aliphatic rings. The van der Waals surface area contributed by atoms with Gasteiger partial charge in [0.1, 0.15) is 11.6 Å². The molecule has 25 heavy (non-hydrogen) atoms. The number of H-pyrrole nitrogens is 1. The van der Waals surface area contributed by atoms with Gasteiger partial charge in [-0.2, -0.15) is 0 Å². The van der Waals surface area contributed by atoms with E-state index < -0.39 is 0 Å². The molecular weight excluding hydrogens is 338 g/mol. The molecule has 0 unspecified atom stereocenters. The number of ether oxygens (including phenoxy) is 1. The fourth-order valence-corrected chi connectivity index (χ4v) is 4.01. The first-order valence-electron chi connectivity index (χ1n) is 8.39. The van der Waals surface area contributed by atoms with Gasteiger partial charge in [0.05, 0.1) is 22.7 Å². The molecule has 0 fully saturated rings. The van der Waals surface area contributed by atoms with Crippen LogP contribution in [0.1, 0.15) is 50.1 Å². The van der Waals surface area contributed by atoms with E-state index in [1.807, 2.05) is 52.0 Å². The Hall–Kier alpha value is -2.15. The van der Waals surface area contributed by atoms with Crippen molar-refractivity contribution in [3.63, 3.8) is 0 Å². The van der Waals surface area contributed by atoms with E-state index in [2.05, 4.69) is 10.4 Å². The minimum atomic E-state index is -0.203. The minimum absolute atomic E-state index is 0.0438. The molecule has 2 heterocycles. The molecule has 1 aromatic carbocycles. The van der Waals surface area contributed by atoms with Crippen molar-refractivity contribution in [2.75, 3.05) is 11.1 Å². The summed E-state index contributed by atoms with van der Waals surface area (Å²) in [5, 5.41) is 5.52. The van der Waals surface area contributed by atoms with Crippen LogP contribution in [0, 0.1) is 0 Å². The summed E-state index contributed by atoms with van der Waals surface area (Å²) in [4.78, 5) is 24.7. The number of amides is 1. The zero-order chi connectivity index (χ0) is 18.1. The summed E-state index contributed by atoms with van der Waals surface area (Å²) in [6.07, 6.45) is 0.106. The lowest BCUT2D eigenvalue weighted by atomic mass is 10.1. The third-order valence-corrected chi connectivity index (χ3v) is 5.20. The van der Waals surface area contributed by atoms with E-state index in [9.17, 15) is 9.59 Å². The van der Waals surface area contributed by atoms with E-state index in [1.54, 1.807) is 4.68 Å². The number of carbonyl (C=O) groups excluding carboxylic acids is 1. The van der Waals surface area contributed by atoms with Crippen LogP contribution in [-0.2, 0) is 4.79 Å². The second-order valence-electron chi connectivity index (χ2n) is 6.64. The average Bonchev–Trinajstić information content (AvgIpc) is 2.75. The number of aromatic amines is 1. The second-order valence-corrected chi connectivity index (χ2v) is 7.74. The molecule has 0 saturated carbocycles. The molecule has 1 amide bonds. The van der Waals surface area contributed by atoms with Crippen molar-refractivity contribution >= 4 is 23.5 Å². The Balaban J connectivity index is 2.03. The summed E-state index contributed by atoms with van der Waals surface area (Å²) < 4.78 is 7.41. The van der Waals surface area contributed by atoms with Crippen LogP contribution in [0.5, 0.6) is 5.75 Å². The van der Waals surface area contributed by atoms with E-state index in [0.29, 0.717) is 17.1 Å². The highest BCUT2D eigenvalue weighted by Crippen LogP contribution is 2.40. The molecule has 0 aliphatic carbocycles. The zero-order valence-electron chi connectivity index (χ0n) is 14.8. The molecule has 0 radical (unpaired) electrons. The number of anilines is 1. The lowest BCUT2D eigenvalue weighted by Gasteiger charge is -2.16. The molecule has 3 rings (SSSR count). The number of nitrogens with one attached hydrogen (secondary N) is 2. The van der Waals surface area contributed by atoms with E-state index >= 15 is 0 Å². The fourth-order valence-electron chi connectivity index (χ4n) is 2.89. The Labute approximate surface area is 150 Å². The first-order chi connectivity index (χ1) is 11.9. The predicted molar refractivity (Wildman–Crippen MR) is 101 cm³/mol. The quantitative estimate of drug-likeness (QED) is 0.876. The maximum atomic E-state index is 12.6. The number of hydrogen-bond acceptors (Lipinski definition) is 4. The van der Waals surface area contributed by atoms with E-state index in [-0.39, 0.29) is 28.9 Å².